The summed E-state index contributed by atoms with van der Waals surface area (Å²) < 4.78 is 0. The Morgan fingerprint density at radius 1 is 1.26 bits per heavy atom. The van der Waals surface area contributed by atoms with E-state index in [1.54, 1.807) is 0 Å². The zero-order chi connectivity index (χ0) is 16.2. The summed E-state index contributed by atoms with van der Waals surface area (Å²) in [5, 5.41) is 0. The molecule has 0 saturated carbocycles. The van der Waals surface area contributed by atoms with Crippen LogP contribution < -0.4 is 4.90 Å². The Morgan fingerprint density at radius 2 is 2.13 bits per heavy atom. The zero-order valence-corrected chi connectivity index (χ0v) is 14.3. The van der Waals surface area contributed by atoms with Gasteiger partial charge in [-0.25, -0.2) is 15.0 Å². The van der Waals surface area contributed by atoms with Crippen molar-refractivity contribution in [2.45, 2.75) is 39.3 Å². The molecule has 3 rings (SSSR count). The molecule has 5 heteroatoms. The van der Waals surface area contributed by atoms with Crippen molar-refractivity contribution in [3.05, 3.63) is 47.2 Å². The van der Waals surface area contributed by atoms with E-state index in [9.17, 15) is 0 Å². The summed E-state index contributed by atoms with van der Waals surface area (Å²) in [4.78, 5) is 18.3. The molecule has 3 heterocycles. The van der Waals surface area contributed by atoms with Crippen LogP contribution in [0.15, 0.2) is 24.5 Å². The van der Waals surface area contributed by atoms with Gasteiger partial charge in [-0.2, -0.15) is 0 Å². The average molecular weight is 311 g/mol. The fourth-order valence-corrected chi connectivity index (χ4v) is 3.09. The van der Waals surface area contributed by atoms with Gasteiger partial charge in [-0.1, -0.05) is 13.0 Å². The third-order valence-electron chi connectivity index (χ3n) is 4.22. The number of hydrogen-bond acceptors (Lipinski definition) is 5. The predicted molar refractivity (Wildman–Crippen MR) is 92.4 cm³/mol. The maximum absolute atomic E-state index is 4.73. The lowest BCUT2D eigenvalue weighted by Gasteiger charge is -2.29. The number of aryl methyl sites for hydroxylation is 1. The summed E-state index contributed by atoms with van der Waals surface area (Å²) in [6.07, 6.45) is 6.95. The average Bonchev–Trinajstić information content (AvgIpc) is 2.55. The van der Waals surface area contributed by atoms with Crippen LogP contribution >= 0.6 is 0 Å². The van der Waals surface area contributed by atoms with Crippen molar-refractivity contribution in [3.63, 3.8) is 0 Å². The predicted octanol–water partition coefficient (Wildman–Crippen LogP) is 2.45. The molecule has 23 heavy (non-hydrogen) atoms. The van der Waals surface area contributed by atoms with Crippen molar-refractivity contribution in [2.75, 3.05) is 25.5 Å². The number of pyridine rings is 1. The Hall–Kier alpha value is -2.01. The molecule has 0 bridgehead atoms. The van der Waals surface area contributed by atoms with E-state index in [0.29, 0.717) is 0 Å². The first kappa shape index (κ1) is 15.9. The number of anilines is 1. The van der Waals surface area contributed by atoms with Gasteiger partial charge in [0.1, 0.15) is 11.6 Å². The zero-order valence-electron chi connectivity index (χ0n) is 14.3. The molecule has 2 aromatic rings. The van der Waals surface area contributed by atoms with Gasteiger partial charge in [0.05, 0.1) is 0 Å². The summed E-state index contributed by atoms with van der Waals surface area (Å²) in [6.45, 7) is 5.04. The summed E-state index contributed by atoms with van der Waals surface area (Å²) >= 11 is 0. The maximum atomic E-state index is 4.73. The molecule has 0 amide bonds. The van der Waals surface area contributed by atoms with Gasteiger partial charge in [0.25, 0.3) is 0 Å². The highest BCUT2D eigenvalue weighted by Gasteiger charge is 2.19. The summed E-state index contributed by atoms with van der Waals surface area (Å²) in [5.41, 5.74) is 3.77. The van der Waals surface area contributed by atoms with Crippen LogP contribution in [0.3, 0.4) is 0 Å². The smallest absolute Gasteiger partial charge is 0.132 e. The van der Waals surface area contributed by atoms with Crippen molar-refractivity contribution >= 4 is 5.82 Å². The van der Waals surface area contributed by atoms with Crippen molar-refractivity contribution in [2.24, 2.45) is 0 Å². The van der Waals surface area contributed by atoms with Crippen LogP contribution in [0.2, 0.25) is 0 Å². The van der Waals surface area contributed by atoms with Gasteiger partial charge in [0.15, 0.2) is 0 Å². The second kappa shape index (κ2) is 7.04. The van der Waals surface area contributed by atoms with Crippen molar-refractivity contribution < 1.29 is 0 Å². The molecule has 122 valence electrons. The number of fused-ring (bicyclic) bond motifs is 1. The summed E-state index contributed by atoms with van der Waals surface area (Å²) in [6, 6.07) is 4.18. The minimum Gasteiger partial charge on any atom is -0.362 e. The van der Waals surface area contributed by atoms with Crippen LogP contribution in [0.1, 0.15) is 36.0 Å². The third kappa shape index (κ3) is 3.67. The van der Waals surface area contributed by atoms with Crippen molar-refractivity contribution in [1.29, 1.82) is 0 Å². The Kier molecular flexibility index (Phi) is 4.86. The molecule has 0 aromatic carbocycles. The van der Waals surface area contributed by atoms with Gasteiger partial charge in [-0.05, 0) is 12.5 Å². The summed E-state index contributed by atoms with van der Waals surface area (Å²) in [5.74, 6) is 2.04. The van der Waals surface area contributed by atoms with Crippen LogP contribution in [-0.4, -0.2) is 40.5 Å². The lowest BCUT2D eigenvalue weighted by Crippen LogP contribution is -2.31. The largest absolute Gasteiger partial charge is 0.362 e. The van der Waals surface area contributed by atoms with Crippen LogP contribution in [-0.2, 0) is 25.9 Å². The van der Waals surface area contributed by atoms with Gasteiger partial charge in [0, 0.05) is 75.8 Å². The maximum Gasteiger partial charge on any atom is 0.132 e. The fourth-order valence-electron chi connectivity index (χ4n) is 3.09. The molecule has 0 radical (unpaired) electrons. The molecule has 0 N–H and O–H groups in total. The second-order valence-electron chi connectivity index (χ2n) is 6.35. The molecular weight excluding hydrogens is 286 g/mol. The van der Waals surface area contributed by atoms with Crippen LogP contribution in [0, 0.1) is 0 Å². The summed E-state index contributed by atoms with van der Waals surface area (Å²) in [7, 11) is 4.08. The van der Waals surface area contributed by atoms with Gasteiger partial charge >= 0.3 is 0 Å². The Bertz CT molecular complexity index is 668. The van der Waals surface area contributed by atoms with E-state index in [4.69, 9.17) is 4.98 Å². The first-order valence-electron chi connectivity index (χ1n) is 8.34. The molecule has 0 fully saturated rings. The molecular formula is C18H25N5. The van der Waals surface area contributed by atoms with Crippen LogP contribution in [0.25, 0.3) is 0 Å². The third-order valence-corrected chi connectivity index (χ3v) is 4.22. The van der Waals surface area contributed by atoms with E-state index in [2.05, 4.69) is 32.8 Å². The molecule has 0 aliphatic carbocycles. The molecule has 0 atom stereocenters. The number of aromatic nitrogens is 3. The fraction of sp³-hybridized carbons (Fsp3) is 0.500. The topological polar surface area (TPSA) is 45.2 Å². The molecule has 2 aromatic heterocycles. The highest BCUT2D eigenvalue weighted by atomic mass is 15.2. The van der Waals surface area contributed by atoms with Gasteiger partial charge in [-0.3, -0.25) is 4.90 Å². The first-order valence-corrected chi connectivity index (χ1v) is 8.34. The second-order valence-corrected chi connectivity index (χ2v) is 6.35. The Labute approximate surface area is 138 Å². The van der Waals surface area contributed by atoms with Crippen molar-refractivity contribution in [3.8, 4) is 0 Å². The normalized spacial score (nSPS) is 14.6. The molecule has 1 aliphatic rings. The van der Waals surface area contributed by atoms with E-state index in [1.165, 1.54) is 16.8 Å². The van der Waals surface area contributed by atoms with E-state index in [0.717, 1.165) is 50.5 Å². The Morgan fingerprint density at radius 3 is 2.91 bits per heavy atom. The minimum atomic E-state index is 0.914. The van der Waals surface area contributed by atoms with E-state index >= 15 is 0 Å². The highest BCUT2D eigenvalue weighted by molar-refractivity contribution is 5.45. The number of rotatable bonds is 5. The lowest BCUT2D eigenvalue weighted by atomic mass is 10.1. The monoisotopic (exact) mass is 311 g/mol. The van der Waals surface area contributed by atoms with E-state index in [1.807, 2.05) is 32.6 Å². The van der Waals surface area contributed by atoms with E-state index in [-0.39, 0.29) is 0 Å². The van der Waals surface area contributed by atoms with Gasteiger partial charge in [-0.15, -0.1) is 0 Å². The van der Waals surface area contributed by atoms with Gasteiger partial charge in [0.2, 0.25) is 0 Å². The quantitative estimate of drug-likeness (QED) is 0.849. The number of hydrogen-bond donors (Lipinski definition) is 0. The van der Waals surface area contributed by atoms with Crippen molar-refractivity contribution in [1.82, 2.24) is 19.9 Å². The number of nitrogens with zero attached hydrogens (tertiary/aromatic N) is 5. The molecule has 0 spiro atoms. The molecule has 1 aliphatic heterocycles. The molecule has 5 nitrogen and oxygen atoms in total. The van der Waals surface area contributed by atoms with Crippen LogP contribution in [0.5, 0.6) is 0 Å². The van der Waals surface area contributed by atoms with E-state index < -0.39 is 0 Å². The molecule has 0 unspecified atom stereocenters. The SMILES string of the molecule is CCCc1ncc2c(n1)CCN(Cc1cccnc1N(C)C)C2. The molecule has 0 saturated heterocycles. The van der Waals surface area contributed by atoms with Gasteiger partial charge < -0.3 is 4.90 Å². The minimum absolute atomic E-state index is 0.914. The van der Waals surface area contributed by atoms with Crippen LogP contribution in [0.4, 0.5) is 5.82 Å². The first-order chi connectivity index (χ1) is 11.2. The highest BCUT2D eigenvalue weighted by Crippen LogP contribution is 2.22. The Balaban J connectivity index is 1.73. The lowest BCUT2D eigenvalue weighted by molar-refractivity contribution is 0.242. The standard InChI is InChI=1S/C18H25N5/c1-4-6-17-20-11-15-13-23(10-8-16(15)21-17)12-14-7-5-9-19-18(14)22(2)3/h5,7,9,11H,4,6,8,10,12-13H2,1-3H3.